The van der Waals surface area contributed by atoms with Crippen molar-refractivity contribution >= 4 is 11.7 Å². The number of hydrogen-bond donors (Lipinski definition) is 1. The first-order valence-corrected chi connectivity index (χ1v) is 4.86. The summed E-state index contributed by atoms with van der Waals surface area (Å²) in [5, 5.41) is 2.76. The SMILES string of the molecule is CCC(CC)CNC(=O)CC(C)=O. The van der Waals surface area contributed by atoms with Crippen LogP contribution in [0.25, 0.3) is 0 Å². The van der Waals surface area contributed by atoms with E-state index in [0.29, 0.717) is 12.5 Å². The summed E-state index contributed by atoms with van der Waals surface area (Å²) in [6.45, 7) is 6.33. The predicted molar refractivity (Wildman–Crippen MR) is 52.4 cm³/mol. The third-order valence-electron chi connectivity index (χ3n) is 2.15. The highest BCUT2D eigenvalue weighted by Gasteiger charge is 2.07. The molecule has 0 heterocycles. The van der Waals surface area contributed by atoms with Gasteiger partial charge in [0.25, 0.3) is 0 Å². The number of amides is 1. The van der Waals surface area contributed by atoms with Gasteiger partial charge in [-0.1, -0.05) is 26.7 Å². The fraction of sp³-hybridized carbons (Fsp3) is 0.800. The van der Waals surface area contributed by atoms with Crippen LogP contribution in [-0.4, -0.2) is 18.2 Å². The van der Waals surface area contributed by atoms with Gasteiger partial charge in [0.15, 0.2) is 0 Å². The highest BCUT2D eigenvalue weighted by Crippen LogP contribution is 2.04. The number of rotatable bonds is 6. The third kappa shape index (κ3) is 6.31. The van der Waals surface area contributed by atoms with Gasteiger partial charge in [-0.05, 0) is 12.8 Å². The largest absolute Gasteiger partial charge is 0.355 e. The predicted octanol–water partition coefficient (Wildman–Crippen LogP) is 1.52. The zero-order valence-electron chi connectivity index (χ0n) is 8.72. The Morgan fingerprint density at radius 2 is 1.77 bits per heavy atom. The van der Waals surface area contributed by atoms with Crippen LogP contribution in [0.15, 0.2) is 0 Å². The molecule has 0 atom stereocenters. The van der Waals surface area contributed by atoms with Crippen molar-refractivity contribution in [2.75, 3.05) is 6.54 Å². The van der Waals surface area contributed by atoms with Gasteiger partial charge in [0, 0.05) is 6.54 Å². The van der Waals surface area contributed by atoms with Crippen LogP contribution < -0.4 is 5.32 Å². The minimum atomic E-state index is -0.153. The zero-order valence-corrected chi connectivity index (χ0v) is 8.72. The maximum absolute atomic E-state index is 11.1. The van der Waals surface area contributed by atoms with Gasteiger partial charge < -0.3 is 5.32 Å². The summed E-state index contributed by atoms with van der Waals surface area (Å²) >= 11 is 0. The lowest BCUT2D eigenvalue weighted by molar-refractivity contribution is -0.127. The first kappa shape index (κ1) is 12.1. The topological polar surface area (TPSA) is 46.2 Å². The second kappa shape index (κ2) is 6.63. The van der Waals surface area contributed by atoms with E-state index in [1.54, 1.807) is 0 Å². The third-order valence-corrected chi connectivity index (χ3v) is 2.15. The van der Waals surface area contributed by atoms with Crippen LogP contribution in [0.5, 0.6) is 0 Å². The van der Waals surface area contributed by atoms with Crippen molar-refractivity contribution in [2.24, 2.45) is 5.92 Å². The van der Waals surface area contributed by atoms with Crippen molar-refractivity contribution in [1.82, 2.24) is 5.32 Å². The van der Waals surface area contributed by atoms with Gasteiger partial charge in [-0.25, -0.2) is 0 Å². The molecule has 0 saturated carbocycles. The highest BCUT2D eigenvalue weighted by atomic mass is 16.2. The monoisotopic (exact) mass is 185 g/mol. The Bertz CT molecular complexity index is 174. The van der Waals surface area contributed by atoms with Crippen molar-refractivity contribution in [3.8, 4) is 0 Å². The summed E-state index contributed by atoms with van der Waals surface area (Å²) in [6.07, 6.45) is 2.15. The molecule has 1 N–H and O–H groups in total. The van der Waals surface area contributed by atoms with E-state index in [4.69, 9.17) is 0 Å². The molecular formula is C10H19NO2. The fourth-order valence-corrected chi connectivity index (χ4v) is 1.12. The summed E-state index contributed by atoms with van der Waals surface area (Å²) < 4.78 is 0. The van der Waals surface area contributed by atoms with Gasteiger partial charge >= 0.3 is 0 Å². The molecule has 0 aromatic heterocycles. The Hall–Kier alpha value is -0.860. The summed E-state index contributed by atoms with van der Waals surface area (Å²) in [5.74, 6) is 0.303. The van der Waals surface area contributed by atoms with Crippen LogP contribution >= 0.6 is 0 Å². The standard InChI is InChI=1S/C10H19NO2/c1-4-9(5-2)7-11-10(13)6-8(3)12/h9H,4-7H2,1-3H3,(H,11,13). The quantitative estimate of drug-likeness (QED) is 0.638. The smallest absolute Gasteiger partial charge is 0.227 e. The van der Waals surface area contributed by atoms with Crippen molar-refractivity contribution in [1.29, 1.82) is 0 Å². The molecule has 0 saturated heterocycles. The van der Waals surface area contributed by atoms with Gasteiger partial charge in [-0.15, -0.1) is 0 Å². The second-order valence-electron chi connectivity index (χ2n) is 3.37. The van der Waals surface area contributed by atoms with E-state index in [-0.39, 0.29) is 18.1 Å². The molecule has 13 heavy (non-hydrogen) atoms. The molecule has 0 radical (unpaired) electrons. The van der Waals surface area contributed by atoms with E-state index in [9.17, 15) is 9.59 Å². The van der Waals surface area contributed by atoms with Crippen molar-refractivity contribution in [3.63, 3.8) is 0 Å². The molecule has 3 nitrogen and oxygen atoms in total. The summed E-state index contributed by atoms with van der Waals surface area (Å²) in [7, 11) is 0. The van der Waals surface area contributed by atoms with Crippen molar-refractivity contribution in [3.05, 3.63) is 0 Å². The number of carbonyl (C=O) groups is 2. The van der Waals surface area contributed by atoms with E-state index >= 15 is 0 Å². The Labute approximate surface area is 79.9 Å². The van der Waals surface area contributed by atoms with E-state index in [0.717, 1.165) is 12.8 Å². The van der Waals surface area contributed by atoms with Crippen LogP contribution in [0.1, 0.15) is 40.0 Å². The van der Waals surface area contributed by atoms with Crippen molar-refractivity contribution < 1.29 is 9.59 Å². The first-order valence-electron chi connectivity index (χ1n) is 4.86. The highest BCUT2D eigenvalue weighted by molar-refractivity contribution is 5.96. The van der Waals surface area contributed by atoms with E-state index in [2.05, 4.69) is 19.2 Å². The molecule has 0 aliphatic heterocycles. The van der Waals surface area contributed by atoms with Crippen LogP contribution in [0.4, 0.5) is 0 Å². The van der Waals surface area contributed by atoms with Gasteiger partial charge in [0.2, 0.25) is 5.91 Å². The Morgan fingerprint density at radius 1 is 1.23 bits per heavy atom. The maximum atomic E-state index is 11.1. The molecule has 0 fully saturated rings. The minimum Gasteiger partial charge on any atom is -0.355 e. The second-order valence-corrected chi connectivity index (χ2v) is 3.37. The molecule has 0 aliphatic carbocycles. The lowest BCUT2D eigenvalue weighted by Crippen LogP contribution is -2.29. The van der Waals surface area contributed by atoms with Crippen LogP contribution in [-0.2, 0) is 9.59 Å². The lowest BCUT2D eigenvalue weighted by Gasteiger charge is -2.12. The van der Waals surface area contributed by atoms with Crippen LogP contribution in [0, 0.1) is 5.92 Å². The Morgan fingerprint density at radius 3 is 2.15 bits per heavy atom. The number of carbonyl (C=O) groups excluding carboxylic acids is 2. The Kier molecular flexibility index (Phi) is 6.20. The molecule has 0 rings (SSSR count). The lowest BCUT2D eigenvalue weighted by atomic mass is 10.0. The molecule has 1 amide bonds. The molecule has 0 spiro atoms. The molecule has 3 heteroatoms. The minimum absolute atomic E-state index is 0.0140. The molecular weight excluding hydrogens is 166 g/mol. The van der Waals surface area contributed by atoms with Crippen molar-refractivity contribution in [2.45, 2.75) is 40.0 Å². The average molecular weight is 185 g/mol. The molecule has 0 aromatic rings. The fourth-order valence-electron chi connectivity index (χ4n) is 1.12. The summed E-state index contributed by atoms with van der Waals surface area (Å²) in [6, 6.07) is 0. The van der Waals surface area contributed by atoms with E-state index < -0.39 is 0 Å². The van der Waals surface area contributed by atoms with Crippen LogP contribution in [0.2, 0.25) is 0 Å². The zero-order chi connectivity index (χ0) is 10.3. The van der Waals surface area contributed by atoms with Gasteiger partial charge in [-0.2, -0.15) is 0 Å². The van der Waals surface area contributed by atoms with E-state index in [1.165, 1.54) is 6.92 Å². The maximum Gasteiger partial charge on any atom is 0.227 e. The van der Waals surface area contributed by atoms with Gasteiger partial charge in [-0.3, -0.25) is 9.59 Å². The van der Waals surface area contributed by atoms with Crippen LogP contribution in [0.3, 0.4) is 0 Å². The number of hydrogen-bond acceptors (Lipinski definition) is 2. The first-order chi connectivity index (χ1) is 6.10. The molecule has 0 bridgehead atoms. The molecule has 0 aliphatic rings. The normalized spacial score (nSPS) is 10.2. The average Bonchev–Trinajstić information content (AvgIpc) is 2.05. The summed E-state index contributed by atoms with van der Waals surface area (Å²) in [4.78, 5) is 21.6. The molecule has 0 aromatic carbocycles. The number of nitrogens with one attached hydrogen (secondary N) is 1. The molecule has 76 valence electrons. The summed E-state index contributed by atoms with van der Waals surface area (Å²) in [5.41, 5.74) is 0. The van der Waals surface area contributed by atoms with E-state index in [1.807, 2.05) is 0 Å². The Balaban J connectivity index is 3.62. The number of Topliss-reactive ketones (excluding diaryl/α,β-unsaturated/α-hetero) is 1. The van der Waals surface area contributed by atoms with Gasteiger partial charge in [0.1, 0.15) is 5.78 Å². The molecule has 0 unspecified atom stereocenters. The number of ketones is 1. The van der Waals surface area contributed by atoms with Gasteiger partial charge in [0.05, 0.1) is 6.42 Å².